The number of hydrogen-bond acceptors (Lipinski definition) is 2. The van der Waals surface area contributed by atoms with Crippen molar-refractivity contribution in [3.8, 4) is 22.3 Å². The van der Waals surface area contributed by atoms with Crippen LogP contribution in [0.1, 0.15) is 33.4 Å². The lowest BCUT2D eigenvalue weighted by Crippen LogP contribution is -1.97. The highest BCUT2D eigenvalue weighted by Crippen LogP contribution is 2.39. The summed E-state index contributed by atoms with van der Waals surface area (Å²) in [6.07, 6.45) is 0.866. The van der Waals surface area contributed by atoms with Crippen LogP contribution in [0.25, 0.3) is 22.3 Å². The number of nitrogens with zero attached hydrogens (tertiary/aromatic N) is 2. The molecule has 8 rings (SSSR count). The molecule has 0 fully saturated rings. The van der Waals surface area contributed by atoms with Crippen LogP contribution in [0.4, 0.5) is 11.4 Å². The van der Waals surface area contributed by atoms with Crippen molar-refractivity contribution in [2.45, 2.75) is 6.42 Å². The molecule has 0 aliphatic heterocycles. The molecule has 0 bridgehead atoms. The van der Waals surface area contributed by atoms with E-state index in [1.54, 1.807) is 0 Å². The van der Waals surface area contributed by atoms with E-state index in [9.17, 15) is 0 Å². The van der Waals surface area contributed by atoms with Crippen molar-refractivity contribution in [2.24, 2.45) is 9.98 Å². The number of benzene rings is 6. The van der Waals surface area contributed by atoms with E-state index in [2.05, 4.69) is 146 Å². The van der Waals surface area contributed by atoms with Crippen LogP contribution in [0.2, 0.25) is 0 Å². The molecule has 6 aromatic carbocycles. The van der Waals surface area contributed by atoms with Crippen LogP contribution >= 0.6 is 0 Å². The summed E-state index contributed by atoms with van der Waals surface area (Å²) in [5.41, 5.74) is 16.4. The van der Waals surface area contributed by atoms with Crippen LogP contribution < -0.4 is 0 Å². The first kappa shape index (κ1) is 23.5. The Kier molecular flexibility index (Phi) is 5.56. The Hall–Kier alpha value is -5.34. The highest BCUT2D eigenvalue weighted by molar-refractivity contribution is 6.26. The summed E-state index contributed by atoms with van der Waals surface area (Å²) in [4.78, 5) is 10.2. The van der Waals surface area contributed by atoms with Crippen LogP contribution in [0.3, 0.4) is 0 Å². The lowest BCUT2D eigenvalue weighted by atomic mass is 10.0. The molecule has 2 nitrogen and oxygen atoms in total. The molecule has 6 aromatic rings. The third kappa shape index (κ3) is 4.13. The van der Waals surface area contributed by atoms with Gasteiger partial charge in [-0.25, -0.2) is 9.98 Å². The number of fused-ring (bicyclic) bond motifs is 6. The zero-order valence-electron chi connectivity index (χ0n) is 22.5. The Bertz CT molecular complexity index is 1750. The van der Waals surface area contributed by atoms with E-state index in [0.29, 0.717) is 0 Å². The topological polar surface area (TPSA) is 24.7 Å². The van der Waals surface area contributed by atoms with Gasteiger partial charge in [0.25, 0.3) is 0 Å². The van der Waals surface area contributed by atoms with E-state index in [0.717, 1.165) is 29.2 Å². The first-order chi connectivity index (χ1) is 20.3. The minimum atomic E-state index is 0.866. The largest absolute Gasteiger partial charge is 0.248 e. The van der Waals surface area contributed by atoms with Crippen molar-refractivity contribution in [3.63, 3.8) is 0 Å². The van der Waals surface area contributed by atoms with E-state index < -0.39 is 0 Å². The fraction of sp³-hybridized carbons (Fsp3) is 0.0256. The summed E-state index contributed by atoms with van der Waals surface area (Å²) in [7, 11) is 0. The molecular formula is C39H26N2. The average molecular weight is 523 g/mol. The van der Waals surface area contributed by atoms with Gasteiger partial charge in [-0.15, -0.1) is 0 Å². The maximum absolute atomic E-state index is 5.08. The van der Waals surface area contributed by atoms with Crippen LogP contribution in [0.5, 0.6) is 0 Å². The second-order valence-electron chi connectivity index (χ2n) is 10.6. The quantitative estimate of drug-likeness (QED) is 0.220. The normalized spacial score (nSPS) is 12.4. The molecule has 0 atom stereocenters. The zero-order chi connectivity index (χ0) is 27.2. The van der Waals surface area contributed by atoms with Crippen LogP contribution in [0, 0.1) is 0 Å². The summed E-state index contributed by atoms with van der Waals surface area (Å²) >= 11 is 0. The minimum absolute atomic E-state index is 0.866. The van der Waals surface area contributed by atoms with Gasteiger partial charge >= 0.3 is 0 Å². The monoisotopic (exact) mass is 522 g/mol. The predicted octanol–water partition coefficient (Wildman–Crippen LogP) is 9.58. The van der Waals surface area contributed by atoms with Crippen LogP contribution in [-0.2, 0) is 6.42 Å². The highest BCUT2D eigenvalue weighted by atomic mass is 14.8. The fourth-order valence-electron chi connectivity index (χ4n) is 6.10. The highest BCUT2D eigenvalue weighted by Gasteiger charge is 2.25. The Morgan fingerprint density at radius 3 is 0.854 bits per heavy atom. The third-order valence-electron chi connectivity index (χ3n) is 8.07. The maximum Gasteiger partial charge on any atom is 0.0794 e. The van der Waals surface area contributed by atoms with Crippen LogP contribution in [-0.4, -0.2) is 11.4 Å². The first-order valence-corrected chi connectivity index (χ1v) is 14.1. The Morgan fingerprint density at radius 2 is 0.561 bits per heavy atom. The molecule has 0 spiro atoms. The number of hydrogen-bond donors (Lipinski definition) is 0. The smallest absolute Gasteiger partial charge is 0.0794 e. The molecule has 0 amide bonds. The van der Waals surface area contributed by atoms with Gasteiger partial charge in [0.05, 0.1) is 22.8 Å². The number of rotatable bonds is 4. The average Bonchev–Trinajstić information content (AvgIpc) is 3.52. The molecule has 0 radical (unpaired) electrons. The summed E-state index contributed by atoms with van der Waals surface area (Å²) in [5.74, 6) is 0. The van der Waals surface area contributed by atoms with Crippen molar-refractivity contribution < 1.29 is 0 Å². The van der Waals surface area contributed by atoms with Gasteiger partial charge in [0, 0.05) is 22.3 Å². The van der Waals surface area contributed by atoms with Gasteiger partial charge in [0.2, 0.25) is 0 Å². The summed E-state index contributed by atoms with van der Waals surface area (Å²) in [6, 6.07) is 51.4. The van der Waals surface area contributed by atoms with Gasteiger partial charge in [-0.1, -0.05) is 121 Å². The van der Waals surface area contributed by atoms with Crippen molar-refractivity contribution in [1.82, 2.24) is 0 Å². The fourth-order valence-corrected chi connectivity index (χ4v) is 6.10. The van der Waals surface area contributed by atoms with Gasteiger partial charge < -0.3 is 0 Å². The molecule has 0 aromatic heterocycles. The van der Waals surface area contributed by atoms with E-state index in [1.807, 2.05) is 0 Å². The summed E-state index contributed by atoms with van der Waals surface area (Å²) < 4.78 is 0. The lowest BCUT2D eigenvalue weighted by molar-refractivity contribution is 1.19. The van der Waals surface area contributed by atoms with Gasteiger partial charge in [-0.3, -0.25) is 0 Å². The second kappa shape index (κ2) is 9.69. The third-order valence-corrected chi connectivity index (χ3v) is 8.07. The molecule has 2 aliphatic rings. The Morgan fingerprint density at radius 1 is 0.293 bits per heavy atom. The Labute approximate surface area is 240 Å². The maximum atomic E-state index is 5.08. The van der Waals surface area contributed by atoms with Crippen LogP contribution in [0.15, 0.2) is 156 Å². The minimum Gasteiger partial charge on any atom is -0.248 e. The van der Waals surface area contributed by atoms with E-state index in [-0.39, 0.29) is 0 Å². The first-order valence-electron chi connectivity index (χ1n) is 14.1. The molecule has 0 N–H and O–H groups in total. The molecule has 0 saturated heterocycles. The molecule has 0 unspecified atom stereocenters. The van der Waals surface area contributed by atoms with Gasteiger partial charge in [0.15, 0.2) is 0 Å². The van der Waals surface area contributed by atoms with Crippen molar-refractivity contribution >= 4 is 22.8 Å². The van der Waals surface area contributed by atoms with Gasteiger partial charge in [-0.2, -0.15) is 0 Å². The van der Waals surface area contributed by atoms with E-state index in [4.69, 9.17) is 9.98 Å². The molecule has 192 valence electrons. The van der Waals surface area contributed by atoms with Crippen molar-refractivity contribution in [2.75, 3.05) is 0 Å². The standard InChI is InChI=1S/C39H26N2/c1-5-13-34-30(9-1)31-10-2-6-14-35(31)38(34)40-28-21-17-26(18-22-28)25-27-19-23-29(24-20-27)41-39-36-15-7-3-11-32(36)33-12-4-8-16-37(33)39/h1-24H,25H2. The molecule has 41 heavy (non-hydrogen) atoms. The lowest BCUT2D eigenvalue weighted by Gasteiger charge is -2.06. The molecule has 0 saturated carbocycles. The van der Waals surface area contributed by atoms with E-state index >= 15 is 0 Å². The van der Waals surface area contributed by atoms with E-state index in [1.165, 1.54) is 55.6 Å². The SMILES string of the molecule is c1ccc2c(c1)C(=Nc1ccc(Cc3ccc(N=C4c5ccccc5-c5ccccc54)cc3)cc1)c1ccccc1-2. The second-order valence-corrected chi connectivity index (χ2v) is 10.6. The molecular weight excluding hydrogens is 496 g/mol. The predicted molar refractivity (Wildman–Crippen MR) is 170 cm³/mol. The van der Waals surface area contributed by atoms with Gasteiger partial charge in [-0.05, 0) is 64.1 Å². The molecule has 0 heterocycles. The summed E-state index contributed by atoms with van der Waals surface area (Å²) in [5, 5.41) is 0. The van der Waals surface area contributed by atoms with Crippen molar-refractivity contribution in [1.29, 1.82) is 0 Å². The van der Waals surface area contributed by atoms with Gasteiger partial charge in [0.1, 0.15) is 0 Å². The Balaban J connectivity index is 1.03. The molecule has 2 aliphatic carbocycles. The zero-order valence-corrected chi connectivity index (χ0v) is 22.5. The summed E-state index contributed by atoms with van der Waals surface area (Å²) in [6.45, 7) is 0. The number of aliphatic imine (C=N–C) groups is 2. The molecule has 2 heteroatoms. The van der Waals surface area contributed by atoms with Crippen molar-refractivity contribution in [3.05, 3.63) is 179 Å².